The van der Waals surface area contributed by atoms with E-state index in [1.54, 1.807) is 11.7 Å². The molecule has 0 aliphatic heterocycles. The van der Waals surface area contributed by atoms with Crippen LogP contribution in [0.15, 0.2) is 54.6 Å². The van der Waals surface area contributed by atoms with Gasteiger partial charge in [-0.15, -0.1) is 0 Å². The first kappa shape index (κ1) is 22.6. The quantitative estimate of drug-likeness (QED) is 0.359. The molecule has 0 saturated heterocycles. The van der Waals surface area contributed by atoms with E-state index in [1.807, 2.05) is 70.3 Å². The number of carbonyl (C=O) groups is 1. The van der Waals surface area contributed by atoms with Crippen molar-refractivity contribution in [2.24, 2.45) is 0 Å². The van der Waals surface area contributed by atoms with Crippen molar-refractivity contribution in [2.75, 3.05) is 19.1 Å². The second-order valence-corrected chi connectivity index (χ2v) is 9.52. The van der Waals surface area contributed by atoms with Gasteiger partial charge in [0.15, 0.2) is 0 Å². The Hall–Kier alpha value is -3.54. The highest BCUT2D eigenvalue weighted by molar-refractivity contribution is 5.99. The van der Waals surface area contributed by atoms with E-state index >= 15 is 0 Å². The molecular formula is C27H31N3O3. The molecule has 0 unspecified atom stereocenters. The summed E-state index contributed by atoms with van der Waals surface area (Å²) >= 11 is 0. The third kappa shape index (κ3) is 4.38. The maximum Gasteiger partial charge on any atom is 0.419 e. The number of hydrogen-bond acceptors (Lipinski definition) is 5. The summed E-state index contributed by atoms with van der Waals surface area (Å²) in [4.78, 5) is 20.6. The molecule has 0 atom stereocenters. The van der Waals surface area contributed by atoms with Gasteiger partial charge < -0.3 is 14.4 Å². The van der Waals surface area contributed by atoms with Crippen molar-refractivity contribution >= 4 is 33.6 Å². The molecule has 0 spiro atoms. The summed E-state index contributed by atoms with van der Waals surface area (Å²) in [6.07, 6.45) is -0.439. The molecular weight excluding hydrogens is 414 g/mol. The van der Waals surface area contributed by atoms with Gasteiger partial charge in [0.2, 0.25) is 0 Å². The van der Waals surface area contributed by atoms with Gasteiger partial charge >= 0.3 is 6.09 Å². The largest absolute Gasteiger partial charge is 0.497 e. The van der Waals surface area contributed by atoms with Gasteiger partial charge in [-0.2, -0.15) is 0 Å². The number of rotatable bonds is 4. The molecule has 33 heavy (non-hydrogen) atoms. The number of pyridine rings is 1. The van der Waals surface area contributed by atoms with E-state index < -0.39 is 11.7 Å². The minimum atomic E-state index is -0.633. The van der Waals surface area contributed by atoms with Crippen molar-refractivity contribution in [1.82, 2.24) is 9.55 Å². The first-order valence-electron chi connectivity index (χ1n) is 11.1. The van der Waals surface area contributed by atoms with Gasteiger partial charge in [0.25, 0.3) is 0 Å². The molecule has 0 fully saturated rings. The van der Waals surface area contributed by atoms with Crippen molar-refractivity contribution in [3.05, 3.63) is 54.6 Å². The van der Waals surface area contributed by atoms with Crippen LogP contribution in [0.4, 0.5) is 10.5 Å². The summed E-state index contributed by atoms with van der Waals surface area (Å²) in [6, 6.07) is 18.0. The van der Waals surface area contributed by atoms with Gasteiger partial charge in [-0.05, 0) is 71.0 Å². The minimum absolute atomic E-state index is 0.242. The molecule has 2 aromatic heterocycles. The third-order valence-corrected chi connectivity index (χ3v) is 5.69. The molecule has 0 saturated carbocycles. The van der Waals surface area contributed by atoms with Crippen molar-refractivity contribution in [3.8, 4) is 17.1 Å². The fourth-order valence-electron chi connectivity index (χ4n) is 3.84. The van der Waals surface area contributed by atoms with Crippen molar-refractivity contribution in [1.29, 1.82) is 0 Å². The van der Waals surface area contributed by atoms with Gasteiger partial charge in [0.1, 0.15) is 17.0 Å². The first-order chi connectivity index (χ1) is 15.6. The summed E-state index contributed by atoms with van der Waals surface area (Å²) in [6.45, 7) is 9.86. The zero-order valence-corrected chi connectivity index (χ0v) is 20.3. The average molecular weight is 446 g/mol. The third-order valence-electron chi connectivity index (χ3n) is 5.69. The Bertz CT molecular complexity index is 1330. The van der Waals surface area contributed by atoms with Crippen LogP contribution in [0.5, 0.6) is 5.75 Å². The number of methoxy groups -OCH3 is 1. The second-order valence-electron chi connectivity index (χ2n) is 9.52. The lowest BCUT2D eigenvalue weighted by Crippen LogP contribution is -2.28. The van der Waals surface area contributed by atoms with Crippen LogP contribution in [0, 0.1) is 0 Å². The molecule has 2 aromatic carbocycles. The Kier molecular flexibility index (Phi) is 5.78. The number of benzene rings is 2. The van der Waals surface area contributed by atoms with E-state index in [4.69, 9.17) is 14.5 Å². The summed E-state index contributed by atoms with van der Waals surface area (Å²) in [5.74, 6) is 0.724. The summed E-state index contributed by atoms with van der Waals surface area (Å²) in [5.41, 5.74) is 3.33. The Morgan fingerprint density at radius 1 is 1.03 bits per heavy atom. The molecule has 2 heterocycles. The Morgan fingerprint density at radius 2 is 1.76 bits per heavy atom. The van der Waals surface area contributed by atoms with E-state index in [0.717, 1.165) is 38.9 Å². The van der Waals surface area contributed by atoms with Gasteiger partial charge in [0, 0.05) is 23.9 Å². The van der Waals surface area contributed by atoms with Crippen LogP contribution in [0.25, 0.3) is 33.2 Å². The van der Waals surface area contributed by atoms with Crippen LogP contribution < -0.4 is 9.64 Å². The van der Waals surface area contributed by atoms with Crippen LogP contribution in [0.2, 0.25) is 0 Å². The van der Waals surface area contributed by atoms with E-state index in [2.05, 4.69) is 30.9 Å². The minimum Gasteiger partial charge on any atom is -0.497 e. The van der Waals surface area contributed by atoms with Crippen molar-refractivity contribution in [2.45, 2.75) is 46.3 Å². The van der Waals surface area contributed by atoms with Crippen LogP contribution in [-0.4, -0.2) is 41.4 Å². The van der Waals surface area contributed by atoms with Crippen molar-refractivity contribution < 1.29 is 14.3 Å². The highest BCUT2D eigenvalue weighted by atomic mass is 16.6. The first-order valence-corrected chi connectivity index (χ1v) is 11.1. The summed E-state index contributed by atoms with van der Waals surface area (Å²) in [7, 11) is 3.68. The van der Waals surface area contributed by atoms with Gasteiger partial charge in [-0.25, -0.2) is 14.3 Å². The molecule has 4 rings (SSSR count). The number of hydrogen-bond donors (Lipinski definition) is 0. The molecule has 0 bridgehead atoms. The smallest absolute Gasteiger partial charge is 0.419 e. The number of ether oxygens (including phenoxy) is 2. The second kappa shape index (κ2) is 8.43. The number of para-hydroxylation sites is 1. The number of fused-ring (bicyclic) bond motifs is 2. The zero-order valence-electron chi connectivity index (χ0n) is 20.3. The van der Waals surface area contributed by atoms with Gasteiger partial charge in [0.05, 0.1) is 29.5 Å². The number of carbonyl (C=O) groups excluding carboxylic acids is 1. The normalized spacial score (nSPS) is 11.9. The van der Waals surface area contributed by atoms with E-state index in [0.29, 0.717) is 5.69 Å². The number of anilines is 1. The highest BCUT2D eigenvalue weighted by Gasteiger charge is 2.26. The fraction of sp³-hybridized carbons (Fsp3) is 0.333. The molecule has 6 nitrogen and oxygen atoms in total. The lowest BCUT2D eigenvalue weighted by molar-refractivity contribution is 0.0547. The Morgan fingerprint density at radius 3 is 2.42 bits per heavy atom. The molecule has 0 aliphatic carbocycles. The van der Waals surface area contributed by atoms with Gasteiger partial charge in [-0.3, -0.25) is 0 Å². The molecule has 6 heteroatoms. The van der Waals surface area contributed by atoms with Crippen LogP contribution in [0.3, 0.4) is 0 Å². The van der Waals surface area contributed by atoms with Crippen LogP contribution >= 0.6 is 0 Å². The van der Waals surface area contributed by atoms with E-state index in [-0.39, 0.29) is 6.04 Å². The average Bonchev–Trinajstić information content (AvgIpc) is 3.15. The summed E-state index contributed by atoms with van der Waals surface area (Å²) in [5, 5.41) is 1.92. The van der Waals surface area contributed by atoms with Gasteiger partial charge in [-0.1, -0.05) is 18.2 Å². The number of nitrogens with zero attached hydrogens (tertiary/aromatic N) is 3. The predicted octanol–water partition coefficient (Wildman–Crippen LogP) is 6.49. The highest BCUT2D eigenvalue weighted by Crippen LogP contribution is 2.37. The van der Waals surface area contributed by atoms with Crippen LogP contribution in [-0.2, 0) is 4.74 Å². The molecule has 0 amide bonds. The van der Waals surface area contributed by atoms with Crippen LogP contribution in [0.1, 0.15) is 34.6 Å². The number of aromatic nitrogens is 2. The SMILES string of the molecule is COc1ccc2c(c1)cc(-c1nc3ccccc3cc1N(C)C(C)C)n2C(=O)OC(C)(C)C. The monoisotopic (exact) mass is 445 g/mol. The Balaban J connectivity index is 2.05. The van der Waals surface area contributed by atoms with E-state index in [9.17, 15) is 4.79 Å². The Labute approximate surface area is 194 Å². The molecule has 4 aromatic rings. The lowest BCUT2D eigenvalue weighted by atomic mass is 10.1. The topological polar surface area (TPSA) is 56.6 Å². The zero-order chi connectivity index (χ0) is 23.9. The van der Waals surface area contributed by atoms with Crippen molar-refractivity contribution in [3.63, 3.8) is 0 Å². The fourth-order valence-corrected chi connectivity index (χ4v) is 3.84. The standard InChI is InChI=1S/C27H31N3O3/c1-17(2)29(6)23-15-18-10-8-9-11-21(18)28-25(23)24-16-19-14-20(32-7)12-13-22(19)30(24)26(31)33-27(3,4)5/h8-17H,1-7H3. The van der Waals surface area contributed by atoms with E-state index in [1.165, 1.54) is 0 Å². The summed E-state index contributed by atoms with van der Waals surface area (Å²) < 4.78 is 12.8. The molecule has 0 aliphatic rings. The predicted molar refractivity (Wildman–Crippen MR) is 134 cm³/mol. The maximum absolute atomic E-state index is 13.4. The molecule has 0 N–H and O–H groups in total. The maximum atomic E-state index is 13.4. The lowest BCUT2D eigenvalue weighted by Gasteiger charge is -2.27. The molecule has 172 valence electrons. The molecule has 0 radical (unpaired) electrons.